The molecule has 0 bridgehead atoms. The molecular formula is C21H23N7O. The number of nitrogens with two attached hydrogens (primary N) is 1. The number of pyridine rings is 1. The van der Waals surface area contributed by atoms with Gasteiger partial charge in [0.1, 0.15) is 5.82 Å². The maximum Gasteiger partial charge on any atom is 0.231 e. The molecule has 0 radical (unpaired) electrons. The van der Waals surface area contributed by atoms with Crippen LogP contribution in [-0.2, 0) is 11.2 Å². The summed E-state index contributed by atoms with van der Waals surface area (Å²) in [4.78, 5) is 16.3. The molecule has 3 aromatic rings. The molecule has 2 atom stereocenters. The van der Waals surface area contributed by atoms with Crippen LogP contribution in [0.5, 0.6) is 0 Å². The molecule has 3 aromatic heterocycles. The summed E-state index contributed by atoms with van der Waals surface area (Å²) in [6.45, 7) is 0. The second-order valence-electron chi connectivity index (χ2n) is 7.33. The molecule has 1 amide bonds. The smallest absolute Gasteiger partial charge is 0.231 e. The first-order valence-electron chi connectivity index (χ1n) is 9.80. The molecule has 1 aliphatic carbocycles. The molecular weight excluding hydrogens is 366 g/mol. The van der Waals surface area contributed by atoms with Crippen molar-refractivity contribution < 1.29 is 4.79 Å². The highest BCUT2D eigenvalue weighted by Crippen LogP contribution is 2.39. The molecule has 29 heavy (non-hydrogen) atoms. The summed E-state index contributed by atoms with van der Waals surface area (Å²) < 4.78 is 0. The van der Waals surface area contributed by atoms with Crippen molar-refractivity contribution in [2.75, 3.05) is 11.1 Å². The van der Waals surface area contributed by atoms with Crippen LogP contribution < -0.4 is 11.1 Å². The summed E-state index contributed by atoms with van der Waals surface area (Å²) in [7, 11) is 0. The van der Waals surface area contributed by atoms with Gasteiger partial charge in [0.15, 0.2) is 5.82 Å². The van der Waals surface area contributed by atoms with Crippen LogP contribution in [0.4, 0.5) is 11.6 Å². The van der Waals surface area contributed by atoms with E-state index in [1.807, 2.05) is 36.4 Å². The van der Waals surface area contributed by atoms with E-state index in [2.05, 4.69) is 30.7 Å². The Morgan fingerprint density at radius 2 is 1.72 bits per heavy atom. The van der Waals surface area contributed by atoms with Crippen LogP contribution in [0.15, 0.2) is 48.7 Å². The zero-order valence-electron chi connectivity index (χ0n) is 16.0. The van der Waals surface area contributed by atoms with Gasteiger partial charge in [0.25, 0.3) is 0 Å². The third kappa shape index (κ3) is 4.90. The quantitative estimate of drug-likeness (QED) is 0.688. The Bertz CT molecular complexity index is 945. The highest BCUT2D eigenvalue weighted by molar-refractivity contribution is 5.91. The standard InChI is InChI=1S/C21H23N7O/c22-19-9-7-17(25-27-19)14-4-3-5-15(12-14)18-8-10-20(28-26-18)24-21(29)13-16-6-1-2-11-23-16/h1-2,6-11,14-15H,3-5,12-13H2,(H2,22,27)(H,24,28,29)/t14-,15-/m0/s1. The number of hydrogen-bond acceptors (Lipinski definition) is 7. The van der Waals surface area contributed by atoms with E-state index >= 15 is 0 Å². The van der Waals surface area contributed by atoms with Crippen molar-refractivity contribution in [3.05, 3.63) is 65.7 Å². The van der Waals surface area contributed by atoms with Gasteiger partial charge < -0.3 is 11.1 Å². The number of nitrogen functional groups attached to an aromatic ring is 1. The van der Waals surface area contributed by atoms with Gasteiger partial charge in [-0.25, -0.2) is 0 Å². The van der Waals surface area contributed by atoms with Gasteiger partial charge in [-0.05, 0) is 55.7 Å². The molecule has 8 nitrogen and oxygen atoms in total. The number of hydrogen-bond donors (Lipinski definition) is 2. The summed E-state index contributed by atoms with van der Waals surface area (Å²) in [5, 5.41) is 19.6. The summed E-state index contributed by atoms with van der Waals surface area (Å²) in [5.74, 6) is 1.39. The predicted molar refractivity (Wildman–Crippen MR) is 109 cm³/mol. The van der Waals surface area contributed by atoms with E-state index in [4.69, 9.17) is 5.73 Å². The Labute approximate surface area is 169 Å². The van der Waals surface area contributed by atoms with Crippen LogP contribution in [0.25, 0.3) is 0 Å². The van der Waals surface area contributed by atoms with E-state index in [0.717, 1.165) is 37.1 Å². The fraction of sp³-hybridized carbons (Fsp3) is 0.333. The van der Waals surface area contributed by atoms with Crippen LogP contribution in [0.1, 0.15) is 54.6 Å². The van der Waals surface area contributed by atoms with Gasteiger partial charge >= 0.3 is 0 Å². The number of carbonyl (C=O) groups excluding carboxylic acids is 1. The third-order valence-corrected chi connectivity index (χ3v) is 5.24. The minimum Gasteiger partial charge on any atom is -0.382 e. The van der Waals surface area contributed by atoms with E-state index in [-0.39, 0.29) is 12.3 Å². The first-order chi connectivity index (χ1) is 14.2. The Kier molecular flexibility index (Phi) is 5.69. The van der Waals surface area contributed by atoms with Gasteiger partial charge in [0, 0.05) is 23.7 Å². The monoisotopic (exact) mass is 389 g/mol. The van der Waals surface area contributed by atoms with Crippen LogP contribution in [0.3, 0.4) is 0 Å². The maximum absolute atomic E-state index is 12.2. The Morgan fingerprint density at radius 1 is 0.966 bits per heavy atom. The topological polar surface area (TPSA) is 120 Å². The van der Waals surface area contributed by atoms with Crippen molar-refractivity contribution in [2.45, 2.75) is 43.9 Å². The number of amides is 1. The average molecular weight is 389 g/mol. The lowest BCUT2D eigenvalue weighted by molar-refractivity contribution is -0.115. The lowest BCUT2D eigenvalue weighted by atomic mass is 9.78. The van der Waals surface area contributed by atoms with E-state index < -0.39 is 0 Å². The molecule has 0 aromatic carbocycles. The van der Waals surface area contributed by atoms with Crippen molar-refractivity contribution in [1.82, 2.24) is 25.4 Å². The minimum absolute atomic E-state index is 0.162. The van der Waals surface area contributed by atoms with Crippen molar-refractivity contribution in [1.29, 1.82) is 0 Å². The molecule has 1 fully saturated rings. The first kappa shape index (κ1) is 18.9. The highest BCUT2D eigenvalue weighted by atomic mass is 16.1. The molecule has 1 aliphatic rings. The zero-order valence-corrected chi connectivity index (χ0v) is 16.0. The Balaban J connectivity index is 1.37. The number of carbonyl (C=O) groups is 1. The number of anilines is 2. The fourth-order valence-corrected chi connectivity index (χ4v) is 3.78. The summed E-state index contributed by atoms with van der Waals surface area (Å²) >= 11 is 0. The van der Waals surface area contributed by atoms with E-state index in [1.54, 1.807) is 12.3 Å². The molecule has 148 valence electrons. The predicted octanol–water partition coefficient (Wildman–Crippen LogP) is 2.87. The normalized spacial score (nSPS) is 18.9. The van der Waals surface area contributed by atoms with Crippen molar-refractivity contribution >= 4 is 17.5 Å². The lowest BCUT2D eigenvalue weighted by Crippen LogP contribution is -2.18. The molecule has 0 saturated heterocycles. The van der Waals surface area contributed by atoms with Gasteiger partial charge in [-0.3, -0.25) is 9.78 Å². The SMILES string of the molecule is Nc1ccc([C@H]2CCC[C@H](c3ccc(NC(=O)Cc4ccccn4)nn3)C2)nn1. The molecule has 0 aliphatic heterocycles. The van der Waals surface area contributed by atoms with E-state index in [0.29, 0.717) is 29.2 Å². The summed E-state index contributed by atoms with van der Waals surface area (Å²) in [6.07, 6.45) is 6.09. The third-order valence-electron chi connectivity index (χ3n) is 5.24. The second kappa shape index (κ2) is 8.72. The molecule has 4 rings (SSSR count). The second-order valence-corrected chi connectivity index (χ2v) is 7.33. The fourth-order valence-electron chi connectivity index (χ4n) is 3.78. The summed E-state index contributed by atoms with van der Waals surface area (Å²) in [6, 6.07) is 13.0. The van der Waals surface area contributed by atoms with Gasteiger partial charge in [0.05, 0.1) is 17.8 Å². The largest absolute Gasteiger partial charge is 0.382 e. The van der Waals surface area contributed by atoms with E-state index in [1.165, 1.54) is 0 Å². The van der Waals surface area contributed by atoms with Crippen LogP contribution in [0.2, 0.25) is 0 Å². The molecule has 3 heterocycles. The van der Waals surface area contributed by atoms with Crippen molar-refractivity contribution in [2.24, 2.45) is 0 Å². The molecule has 1 saturated carbocycles. The lowest BCUT2D eigenvalue weighted by Gasteiger charge is -2.28. The zero-order chi connectivity index (χ0) is 20.1. The van der Waals surface area contributed by atoms with Crippen LogP contribution >= 0.6 is 0 Å². The maximum atomic E-state index is 12.2. The number of nitrogens with one attached hydrogen (secondary N) is 1. The Hall–Kier alpha value is -3.42. The van der Waals surface area contributed by atoms with E-state index in [9.17, 15) is 4.79 Å². The van der Waals surface area contributed by atoms with Gasteiger partial charge in [-0.2, -0.15) is 10.2 Å². The van der Waals surface area contributed by atoms with Gasteiger partial charge in [-0.1, -0.05) is 12.5 Å². The van der Waals surface area contributed by atoms with Crippen LogP contribution in [-0.4, -0.2) is 31.3 Å². The van der Waals surface area contributed by atoms with Gasteiger partial charge in [0.2, 0.25) is 5.91 Å². The average Bonchev–Trinajstić information content (AvgIpc) is 2.75. The first-order valence-corrected chi connectivity index (χ1v) is 9.80. The summed E-state index contributed by atoms with van der Waals surface area (Å²) in [5.41, 5.74) is 8.28. The minimum atomic E-state index is -0.162. The highest BCUT2D eigenvalue weighted by Gasteiger charge is 2.26. The molecule has 3 N–H and O–H groups in total. The number of rotatable bonds is 5. The number of aromatic nitrogens is 5. The molecule has 0 spiro atoms. The number of nitrogens with zero attached hydrogens (tertiary/aromatic N) is 5. The molecule has 8 heteroatoms. The van der Waals surface area contributed by atoms with Crippen molar-refractivity contribution in [3.63, 3.8) is 0 Å². The Morgan fingerprint density at radius 3 is 2.34 bits per heavy atom. The molecule has 0 unspecified atom stereocenters. The van der Waals surface area contributed by atoms with Crippen molar-refractivity contribution in [3.8, 4) is 0 Å². The van der Waals surface area contributed by atoms with Gasteiger partial charge in [-0.15, -0.1) is 10.2 Å². The van der Waals surface area contributed by atoms with Crippen LogP contribution in [0, 0.1) is 0 Å².